The molecule has 116 valence electrons. The van der Waals surface area contributed by atoms with Crippen molar-refractivity contribution in [2.45, 2.75) is 38.1 Å². The van der Waals surface area contributed by atoms with E-state index in [0.29, 0.717) is 24.9 Å². The van der Waals surface area contributed by atoms with Gasteiger partial charge in [-0.3, -0.25) is 4.79 Å². The quantitative estimate of drug-likeness (QED) is 0.736. The lowest BCUT2D eigenvalue weighted by Gasteiger charge is -2.37. The molecule has 2 heterocycles. The molecular formula is C15H29N3O2. The second-order valence-corrected chi connectivity index (χ2v) is 6.24. The fourth-order valence-electron chi connectivity index (χ4n) is 3.36. The normalized spacial score (nSPS) is 25.0. The third-order valence-corrected chi connectivity index (χ3v) is 4.72. The van der Waals surface area contributed by atoms with Gasteiger partial charge in [-0.05, 0) is 64.8 Å². The molecule has 5 nitrogen and oxygen atoms in total. The summed E-state index contributed by atoms with van der Waals surface area (Å²) in [5.41, 5.74) is 0. The molecule has 0 aromatic heterocycles. The highest BCUT2D eigenvalue weighted by atomic mass is 16.3. The van der Waals surface area contributed by atoms with Crippen LogP contribution in [0.1, 0.15) is 32.1 Å². The molecule has 0 spiro atoms. The molecule has 2 aliphatic heterocycles. The number of carbonyl (C=O) groups excluding carboxylic acids is 1. The van der Waals surface area contributed by atoms with Gasteiger partial charge in [-0.15, -0.1) is 0 Å². The maximum absolute atomic E-state index is 12.5. The van der Waals surface area contributed by atoms with Crippen molar-refractivity contribution in [3.05, 3.63) is 0 Å². The van der Waals surface area contributed by atoms with Crippen molar-refractivity contribution < 1.29 is 9.90 Å². The van der Waals surface area contributed by atoms with Crippen LogP contribution in [-0.4, -0.2) is 73.2 Å². The molecule has 2 aliphatic rings. The second kappa shape index (κ2) is 7.96. The lowest BCUT2D eigenvalue weighted by molar-refractivity contribution is -0.135. The number of piperidine rings is 1. The molecule has 1 unspecified atom stereocenters. The number of nitrogens with one attached hydrogen (secondary N) is 1. The highest BCUT2D eigenvalue weighted by molar-refractivity contribution is 5.76. The lowest BCUT2D eigenvalue weighted by Crippen LogP contribution is -2.47. The summed E-state index contributed by atoms with van der Waals surface area (Å²) in [6.45, 7) is 4.81. The summed E-state index contributed by atoms with van der Waals surface area (Å²) in [7, 11) is 2.13. The Kier molecular flexibility index (Phi) is 6.26. The van der Waals surface area contributed by atoms with Crippen LogP contribution >= 0.6 is 0 Å². The number of nitrogens with zero attached hydrogens (tertiary/aromatic N) is 2. The van der Waals surface area contributed by atoms with Crippen molar-refractivity contribution >= 4 is 5.91 Å². The standard InChI is InChI=1S/C15H29N3O2/c1-17-8-5-14(6-9-17)18(10-11-19)15(20)3-2-13-4-7-16-12-13/h13-14,16,19H,2-12H2,1H3. The molecule has 2 N–H and O–H groups in total. The van der Waals surface area contributed by atoms with Crippen molar-refractivity contribution in [3.63, 3.8) is 0 Å². The van der Waals surface area contributed by atoms with Gasteiger partial charge in [-0.2, -0.15) is 0 Å². The van der Waals surface area contributed by atoms with Crippen LogP contribution in [-0.2, 0) is 4.79 Å². The van der Waals surface area contributed by atoms with E-state index in [-0.39, 0.29) is 12.5 Å². The molecule has 2 rings (SSSR count). The molecule has 0 saturated carbocycles. The van der Waals surface area contributed by atoms with Gasteiger partial charge in [-0.1, -0.05) is 0 Å². The second-order valence-electron chi connectivity index (χ2n) is 6.24. The zero-order valence-corrected chi connectivity index (χ0v) is 12.7. The molecule has 0 radical (unpaired) electrons. The van der Waals surface area contributed by atoms with Gasteiger partial charge in [0.05, 0.1) is 6.61 Å². The lowest BCUT2D eigenvalue weighted by atomic mass is 10.00. The minimum atomic E-state index is 0.0725. The smallest absolute Gasteiger partial charge is 0.222 e. The van der Waals surface area contributed by atoms with Crippen LogP contribution in [0.25, 0.3) is 0 Å². The highest BCUT2D eigenvalue weighted by Gasteiger charge is 2.27. The molecule has 0 aliphatic carbocycles. The van der Waals surface area contributed by atoms with Crippen molar-refractivity contribution in [2.24, 2.45) is 5.92 Å². The molecule has 2 fully saturated rings. The van der Waals surface area contributed by atoms with Crippen LogP contribution in [0.3, 0.4) is 0 Å². The summed E-state index contributed by atoms with van der Waals surface area (Å²) in [5.74, 6) is 0.896. The van der Waals surface area contributed by atoms with Gasteiger partial charge in [0.1, 0.15) is 0 Å². The van der Waals surface area contributed by atoms with Crippen LogP contribution < -0.4 is 5.32 Å². The first-order valence-corrected chi connectivity index (χ1v) is 8.00. The predicted molar refractivity (Wildman–Crippen MR) is 79.5 cm³/mol. The first-order chi connectivity index (χ1) is 9.70. The van der Waals surface area contributed by atoms with E-state index in [1.54, 1.807) is 0 Å². The predicted octanol–water partition coefficient (Wildman–Crippen LogP) is 0.291. The van der Waals surface area contributed by atoms with Crippen molar-refractivity contribution in [1.82, 2.24) is 15.1 Å². The number of hydrogen-bond acceptors (Lipinski definition) is 4. The first kappa shape index (κ1) is 15.7. The van der Waals surface area contributed by atoms with Crippen LogP contribution in [0.15, 0.2) is 0 Å². The maximum Gasteiger partial charge on any atom is 0.222 e. The third-order valence-electron chi connectivity index (χ3n) is 4.72. The third kappa shape index (κ3) is 4.43. The number of rotatable bonds is 6. The number of carbonyl (C=O) groups is 1. The van der Waals surface area contributed by atoms with Crippen LogP contribution in [0.5, 0.6) is 0 Å². The van der Waals surface area contributed by atoms with E-state index in [2.05, 4.69) is 17.3 Å². The fraction of sp³-hybridized carbons (Fsp3) is 0.933. The van der Waals surface area contributed by atoms with Crippen LogP contribution in [0.2, 0.25) is 0 Å². The molecule has 0 aromatic rings. The monoisotopic (exact) mass is 283 g/mol. The van der Waals surface area contributed by atoms with E-state index in [4.69, 9.17) is 0 Å². The van der Waals surface area contributed by atoms with E-state index >= 15 is 0 Å². The summed E-state index contributed by atoms with van der Waals surface area (Å²) in [5, 5.41) is 12.6. The van der Waals surface area contributed by atoms with E-state index in [1.165, 1.54) is 6.42 Å². The average molecular weight is 283 g/mol. The average Bonchev–Trinajstić information content (AvgIpc) is 2.97. The number of aliphatic hydroxyl groups is 1. The molecule has 20 heavy (non-hydrogen) atoms. The largest absolute Gasteiger partial charge is 0.395 e. The minimum Gasteiger partial charge on any atom is -0.395 e. The van der Waals surface area contributed by atoms with Gasteiger partial charge in [0.15, 0.2) is 0 Å². The Morgan fingerprint density at radius 3 is 2.70 bits per heavy atom. The van der Waals surface area contributed by atoms with Crippen molar-refractivity contribution in [1.29, 1.82) is 0 Å². The highest BCUT2D eigenvalue weighted by Crippen LogP contribution is 2.19. The maximum atomic E-state index is 12.5. The summed E-state index contributed by atoms with van der Waals surface area (Å²) in [6.07, 6.45) is 4.89. The van der Waals surface area contributed by atoms with Crippen molar-refractivity contribution in [2.75, 3.05) is 46.4 Å². The van der Waals surface area contributed by atoms with Gasteiger partial charge in [0.2, 0.25) is 5.91 Å². The summed E-state index contributed by atoms with van der Waals surface area (Å²) in [6, 6.07) is 0.326. The number of likely N-dealkylation sites (tertiary alicyclic amines) is 1. The van der Waals surface area contributed by atoms with E-state index in [0.717, 1.165) is 45.4 Å². The Morgan fingerprint density at radius 2 is 2.10 bits per heavy atom. The van der Waals surface area contributed by atoms with E-state index in [1.807, 2.05) is 4.90 Å². The summed E-state index contributed by atoms with van der Waals surface area (Å²) >= 11 is 0. The Bertz CT molecular complexity index is 297. The molecule has 1 amide bonds. The Morgan fingerprint density at radius 1 is 1.35 bits per heavy atom. The molecule has 0 aromatic carbocycles. The van der Waals surface area contributed by atoms with E-state index in [9.17, 15) is 9.90 Å². The summed E-state index contributed by atoms with van der Waals surface area (Å²) in [4.78, 5) is 16.7. The number of amides is 1. The van der Waals surface area contributed by atoms with Crippen molar-refractivity contribution in [3.8, 4) is 0 Å². The van der Waals surface area contributed by atoms with E-state index < -0.39 is 0 Å². The Balaban J connectivity index is 1.81. The molecule has 1 atom stereocenters. The molecule has 0 bridgehead atoms. The zero-order valence-electron chi connectivity index (χ0n) is 12.7. The fourth-order valence-corrected chi connectivity index (χ4v) is 3.36. The van der Waals surface area contributed by atoms with Gasteiger partial charge < -0.3 is 20.2 Å². The zero-order chi connectivity index (χ0) is 14.4. The van der Waals surface area contributed by atoms with Gasteiger partial charge in [-0.25, -0.2) is 0 Å². The molecule has 5 heteroatoms. The summed E-state index contributed by atoms with van der Waals surface area (Å²) < 4.78 is 0. The number of aliphatic hydroxyl groups excluding tert-OH is 1. The topological polar surface area (TPSA) is 55.8 Å². The minimum absolute atomic E-state index is 0.0725. The Labute approximate surface area is 122 Å². The van der Waals surface area contributed by atoms with Gasteiger partial charge in [0, 0.05) is 19.0 Å². The van der Waals surface area contributed by atoms with Crippen LogP contribution in [0.4, 0.5) is 0 Å². The Hall–Kier alpha value is -0.650. The van der Waals surface area contributed by atoms with Gasteiger partial charge in [0.25, 0.3) is 0 Å². The number of hydrogen-bond donors (Lipinski definition) is 2. The molecule has 2 saturated heterocycles. The molecular weight excluding hydrogens is 254 g/mol. The van der Waals surface area contributed by atoms with Crippen LogP contribution in [0, 0.1) is 5.92 Å². The van der Waals surface area contributed by atoms with Gasteiger partial charge >= 0.3 is 0 Å². The first-order valence-electron chi connectivity index (χ1n) is 8.00. The SMILES string of the molecule is CN1CCC(N(CCO)C(=O)CCC2CCNC2)CC1.